The average Bonchev–Trinajstić information content (AvgIpc) is 3.27. The SMILES string of the molecule is Nc1nn2c(C(F)(F)F)cc(-c3cccs3)nc2c1N=Nc1ccc(F)cc1. The molecule has 0 atom stereocenters. The van der Waals surface area contributed by atoms with Crippen LogP contribution in [0.25, 0.3) is 16.2 Å². The molecular weight excluding hydrogens is 396 g/mol. The highest BCUT2D eigenvalue weighted by Crippen LogP contribution is 2.37. The monoisotopic (exact) mass is 406 g/mol. The number of rotatable bonds is 3. The van der Waals surface area contributed by atoms with Crippen molar-refractivity contribution in [3.05, 3.63) is 59.4 Å². The molecule has 4 rings (SSSR count). The molecule has 11 heteroatoms. The van der Waals surface area contributed by atoms with Crippen molar-refractivity contribution >= 4 is 34.2 Å². The van der Waals surface area contributed by atoms with Gasteiger partial charge in [0.05, 0.1) is 16.3 Å². The molecule has 28 heavy (non-hydrogen) atoms. The first-order chi connectivity index (χ1) is 13.3. The summed E-state index contributed by atoms with van der Waals surface area (Å²) in [5, 5.41) is 13.3. The van der Waals surface area contributed by atoms with E-state index in [1.165, 1.54) is 35.6 Å². The number of nitrogen functional groups attached to an aromatic ring is 1. The Hall–Kier alpha value is -3.34. The topological polar surface area (TPSA) is 80.9 Å². The van der Waals surface area contributed by atoms with Gasteiger partial charge in [-0.3, -0.25) is 0 Å². The summed E-state index contributed by atoms with van der Waals surface area (Å²) in [5.41, 5.74) is 4.87. The summed E-state index contributed by atoms with van der Waals surface area (Å²) in [7, 11) is 0. The minimum atomic E-state index is -4.68. The minimum Gasteiger partial charge on any atom is -0.380 e. The molecule has 0 aliphatic heterocycles. The van der Waals surface area contributed by atoms with E-state index < -0.39 is 17.7 Å². The fourth-order valence-corrected chi connectivity index (χ4v) is 3.17. The molecule has 0 radical (unpaired) electrons. The van der Waals surface area contributed by atoms with Crippen LogP contribution < -0.4 is 5.73 Å². The zero-order chi connectivity index (χ0) is 19.9. The van der Waals surface area contributed by atoms with Crippen molar-refractivity contribution in [2.75, 3.05) is 5.73 Å². The summed E-state index contributed by atoms with van der Waals surface area (Å²) in [6, 6.07) is 9.37. The van der Waals surface area contributed by atoms with Gasteiger partial charge in [-0.15, -0.1) is 21.5 Å². The molecule has 3 aromatic heterocycles. The van der Waals surface area contributed by atoms with Crippen molar-refractivity contribution in [3.8, 4) is 10.6 Å². The Balaban J connectivity index is 1.90. The molecule has 142 valence electrons. The van der Waals surface area contributed by atoms with Crippen molar-refractivity contribution in [1.29, 1.82) is 0 Å². The van der Waals surface area contributed by atoms with Gasteiger partial charge in [-0.25, -0.2) is 13.9 Å². The molecule has 0 unspecified atom stereocenters. The lowest BCUT2D eigenvalue weighted by atomic mass is 10.2. The van der Waals surface area contributed by atoms with E-state index in [1.807, 2.05) is 0 Å². The van der Waals surface area contributed by atoms with Crippen LogP contribution in [0.2, 0.25) is 0 Å². The minimum absolute atomic E-state index is 0.103. The highest BCUT2D eigenvalue weighted by Gasteiger charge is 2.36. The Kier molecular flexibility index (Phi) is 4.30. The van der Waals surface area contributed by atoms with Gasteiger partial charge >= 0.3 is 6.18 Å². The number of nitrogens with zero attached hydrogens (tertiary/aromatic N) is 5. The lowest BCUT2D eigenvalue weighted by Gasteiger charge is -2.10. The second-order valence-corrected chi connectivity index (χ2v) is 6.60. The fourth-order valence-electron chi connectivity index (χ4n) is 2.49. The molecule has 0 saturated heterocycles. The third-order valence-corrected chi connectivity index (χ3v) is 4.64. The summed E-state index contributed by atoms with van der Waals surface area (Å²) in [5.74, 6) is -0.710. The third kappa shape index (κ3) is 3.31. The van der Waals surface area contributed by atoms with Gasteiger partial charge in [-0.1, -0.05) is 6.07 Å². The average molecular weight is 406 g/mol. The number of alkyl halides is 3. The number of anilines is 1. The standard InChI is InChI=1S/C17H10F4N6S/c18-9-3-5-10(6-4-9)24-25-14-15(22)26-27-13(17(19,20)21)8-11(23-16(14)27)12-2-1-7-28-12/h1-8H,(H2,22,26). The van der Waals surface area contributed by atoms with Gasteiger partial charge in [0.2, 0.25) is 0 Å². The summed E-state index contributed by atoms with van der Waals surface area (Å²) >= 11 is 1.25. The zero-order valence-corrected chi connectivity index (χ0v) is 14.7. The highest BCUT2D eigenvalue weighted by atomic mass is 32.1. The Labute approximate surface area is 159 Å². The van der Waals surface area contributed by atoms with E-state index >= 15 is 0 Å². The van der Waals surface area contributed by atoms with Gasteiger partial charge in [0.15, 0.2) is 22.8 Å². The van der Waals surface area contributed by atoms with Crippen LogP contribution in [0.15, 0.2) is 58.1 Å². The van der Waals surface area contributed by atoms with Gasteiger partial charge in [0, 0.05) is 0 Å². The number of fused-ring (bicyclic) bond motifs is 1. The molecule has 0 saturated carbocycles. The fraction of sp³-hybridized carbons (Fsp3) is 0.0588. The van der Waals surface area contributed by atoms with Crippen LogP contribution in [0.5, 0.6) is 0 Å². The second kappa shape index (κ2) is 6.68. The molecule has 0 aliphatic carbocycles. The van der Waals surface area contributed by atoms with E-state index in [9.17, 15) is 17.6 Å². The lowest BCUT2D eigenvalue weighted by Crippen LogP contribution is -2.13. The maximum Gasteiger partial charge on any atom is 0.433 e. The first kappa shape index (κ1) is 18.0. The van der Waals surface area contributed by atoms with Gasteiger partial charge < -0.3 is 5.73 Å². The van der Waals surface area contributed by atoms with Crippen LogP contribution in [-0.4, -0.2) is 14.6 Å². The van der Waals surface area contributed by atoms with Crippen molar-refractivity contribution in [1.82, 2.24) is 14.6 Å². The predicted octanol–water partition coefficient (Wildman–Crippen LogP) is 5.61. The number of benzene rings is 1. The van der Waals surface area contributed by atoms with E-state index in [1.54, 1.807) is 17.5 Å². The zero-order valence-electron chi connectivity index (χ0n) is 13.9. The Morgan fingerprint density at radius 3 is 2.46 bits per heavy atom. The van der Waals surface area contributed by atoms with Crippen LogP contribution in [0, 0.1) is 5.82 Å². The largest absolute Gasteiger partial charge is 0.433 e. The third-order valence-electron chi connectivity index (χ3n) is 3.75. The quantitative estimate of drug-likeness (QED) is 0.354. The lowest BCUT2D eigenvalue weighted by molar-refractivity contribution is -0.142. The van der Waals surface area contributed by atoms with Crippen LogP contribution in [0.3, 0.4) is 0 Å². The van der Waals surface area contributed by atoms with E-state index in [4.69, 9.17) is 5.73 Å². The van der Waals surface area contributed by atoms with Crippen LogP contribution in [-0.2, 0) is 6.18 Å². The molecule has 0 aliphatic rings. The number of azo groups is 1. The molecule has 2 N–H and O–H groups in total. The van der Waals surface area contributed by atoms with Crippen LogP contribution in [0.4, 0.5) is 34.8 Å². The van der Waals surface area contributed by atoms with Gasteiger partial charge in [-0.05, 0) is 41.8 Å². The Bertz CT molecular complexity index is 1160. The van der Waals surface area contributed by atoms with Gasteiger partial charge in [0.25, 0.3) is 0 Å². The number of nitrogens with two attached hydrogens (primary N) is 1. The van der Waals surface area contributed by atoms with Crippen LogP contribution in [0.1, 0.15) is 5.69 Å². The molecule has 0 amide bonds. The molecule has 3 heterocycles. The summed E-state index contributed by atoms with van der Waals surface area (Å²) in [6.45, 7) is 0. The number of hydrogen-bond acceptors (Lipinski definition) is 6. The molecule has 0 spiro atoms. The highest BCUT2D eigenvalue weighted by molar-refractivity contribution is 7.13. The molecule has 4 aromatic rings. The van der Waals surface area contributed by atoms with Gasteiger partial charge in [-0.2, -0.15) is 18.3 Å². The van der Waals surface area contributed by atoms with E-state index in [0.717, 1.165) is 6.07 Å². The molecule has 6 nitrogen and oxygen atoms in total. The summed E-state index contributed by atoms with van der Waals surface area (Å²) in [4.78, 5) is 4.81. The van der Waals surface area contributed by atoms with Crippen molar-refractivity contribution in [2.24, 2.45) is 10.2 Å². The number of aromatic nitrogens is 3. The predicted molar refractivity (Wildman–Crippen MR) is 96.3 cm³/mol. The molecular formula is C17H10F4N6S. The summed E-state index contributed by atoms with van der Waals surface area (Å²) < 4.78 is 54.2. The molecule has 0 fully saturated rings. The van der Waals surface area contributed by atoms with Crippen molar-refractivity contribution in [2.45, 2.75) is 6.18 Å². The van der Waals surface area contributed by atoms with Gasteiger partial charge in [0.1, 0.15) is 5.82 Å². The summed E-state index contributed by atoms with van der Waals surface area (Å²) in [6.07, 6.45) is -4.68. The first-order valence-corrected chi connectivity index (χ1v) is 8.68. The maximum atomic E-state index is 13.6. The Morgan fingerprint density at radius 1 is 1.07 bits per heavy atom. The van der Waals surface area contributed by atoms with E-state index in [0.29, 0.717) is 15.1 Å². The van der Waals surface area contributed by atoms with Crippen molar-refractivity contribution in [3.63, 3.8) is 0 Å². The Morgan fingerprint density at radius 2 is 1.82 bits per heavy atom. The maximum absolute atomic E-state index is 13.6. The second-order valence-electron chi connectivity index (χ2n) is 5.65. The first-order valence-electron chi connectivity index (χ1n) is 7.80. The van der Waals surface area contributed by atoms with E-state index in [2.05, 4.69) is 20.3 Å². The van der Waals surface area contributed by atoms with Crippen LogP contribution >= 0.6 is 11.3 Å². The number of halogens is 4. The van der Waals surface area contributed by atoms with E-state index in [-0.39, 0.29) is 22.8 Å². The molecule has 1 aromatic carbocycles. The number of thiophene rings is 1. The number of hydrogen-bond donors (Lipinski definition) is 1. The van der Waals surface area contributed by atoms with Crippen molar-refractivity contribution < 1.29 is 17.6 Å². The smallest absolute Gasteiger partial charge is 0.380 e. The molecule has 0 bridgehead atoms. The normalized spacial score (nSPS) is 12.3.